The Hall–Kier alpha value is -1.39. The molecule has 0 heterocycles. The molecule has 1 rings (SSSR count). The largest absolute Gasteiger partial charge is 0.468 e. The zero-order chi connectivity index (χ0) is 12.0. The number of rotatable bonds is 5. The number of likely N-dealkylation sites (N-methyl/N-ethyl adjacent to an activating group) is 1. The molecule has 0 saturated heterocycles. The zero-order valence-corrected chi connectivity index (χ0v) is 9.82. The topological polar surface area (TPSA) is 47.6 Å². The van der Waals surface area contributed by atoms with Crippen molar-refractivity contribution in [3.05, 3.63) is 35.4 Å². The van der Waals surface area contributed by atoms with Crippen molar-refractivity contribution in [2.45, 2.75) is 12.6 Å². The van der Waals surface area contributed by atoms with Crippen molar-refractivity contribution < 1.29 is 14.3 Å². The number of benzene rings is 1. The van der Waals surface area contributed by atoms with E-state index in [1.807, 2.05) is 24.3 Å². The van der Waals surface area contributed by atoms with E-state index in [9.17, 15) is 4.79 Å². The molecule has 1 aromatic carbocycles. The lowest BCUT2D eigenvalue weighted by molar-refractivity contribution is -0.143. The van der Waals surface area contributed by atoms with Crippen LogP contribution in [-0.2, 0) is 20.9 Å². The maximum Gasteiger partial charge on any atom is 0.327 e. The first-order chi connectivity index (χ1) is 7.72. The highest BCUT2D eigenvalue weighted by atomic mass is 16.5. The standard InChI is InChI=1S/C12H17NO3/c1-13-11(12(14)16-3)10-6-4-9(5-7-10)8-15-2/h4-7,11,13H,8H2,1-3H3. The van der Waals surface area contributed by atoms with Crippen LogP contribution in [0.1, 0.15) is 17.2 Å². The van der Waals surface area contributed by atoms with Crippen LogP contribution in [0.25, 0.3) is 0 Å². The number of ether oxygens (including phenoxy) is 2. The van der Waals surface area contributed by atoms with E-state index in [-0.39, 0.29) is 5.97 Å². The van der Waals surface area contributed by atoms with Gasteiger partial charge in [0.05, 0.1) is 13.7 Å². The second kappa shape index (κ2) is 6.25. The van der Waals surface area contributed by atoms with E-state index < -0.39 is 6.04 Å². The highest BCUT2D eigenvalue weighted by Gasteiger charge is 2.18. The molecule has 88 valence electrons. The van der Waals surface area contributed by atoms with Gasteiger partial charge >= 0.3 is 5.97 Å². The molecule has 1 N–H and O–H groups in total. The van der Waals surface area contributed by atoms with Crippen molar-refractivity contribution in [1.82, 2.24) is 5.32 Å². The molecule has 1 unspecified atom stereocenters. The Morgan fingerprint density at radius 1 is 1.31 bits per heavy atom. The molecule has 0 saturated carbocycles. The summed E-state index contributed by atoms with van der Waals surface area (Å²) in [5.41, 5.74) is 1.96. The van der Waals surface area contributed by atoms with Crippen molar-refractivity contribution >= 4 is 5.97 Å². The van der Waals surface area contributed by atoms with Crippen molar-refractivity contribution in [2.75, 3.05) is 21.3 Å². The van der Waals surface area contributed by atoms with Crippen LogP contribution in [0.3, 0.4) is 0 Å². The summed E-state index contributed by atoms with van der Waals surface area (Å²) in [5, 5.41) is 2.91. The highest BCUT2D eigenvalue weighted by molar-refractivity contribution is 5.77. The van der Waals surface area contributed by atoms with Crippen LogP contribution in [0.4, 0.5) is 0 Å². The minimum absolute atomic E-state index is 0.290. The van der Waals surface area contributed by atoms with E-state index in [0.29, 0.717) is 6.61 Å². The van der Waals surface area contributed by atoms with E-state index in [0.717, 1.165) is 11.1 Å². The zero-order valence-electron chi connectivity index (χ0n) is 9.82. The molecule has 1 atom stereocenters. The Labute approximate surface area is 95.6 Å². The lowest BCUT2D eigenvalue weighted by atomic mass is 10.1. The van der Waals surface area contributed by atoms with Crippen LogP contribution in [0.2, 0.25) is 0 Å². The fraction of sp³-hybridized carbons (Fsp3) is 0.417. The van der Waals surface area contributed by atoms with Crippen LogP contribution < -0.4 is 5.32 Å². The van der Waals surface area contributed by atoms with Gasteiger partial charge in [0.1, 0.15) is 6.04 Å². The molecule has 0 aromatic heterocycles. The minimum Gasteiger partial charge on any atom is -0.468 e. The lowest BCUT2D eigenvalue weighted by Crippen LogP contribution is -2.26. The molecular weight excluding hydrogens is 206 g/mol. The van der Waals surface area contributed by atoms with Gasteiger partial charge in [0.15, 0.2) is 0 Å². The van der Waals surface area contributed by atoms with Gasteiger partial charge in [-0.1, -0.05) is 24.3 Å². The van der Waals surface area contributed by atoms with E-state index in [4.69, 9.17) is 9.47 Å². The number of esters is 1. The summed E-state index contributed by atoms with van der Waals surface area (Å²) in [7, 11) is 4.76. The van der Waals surface area contributed by atoms with Gasteiger partial charge in [0.2, 0.25) is 0 Å². The third-order valence-corrected chi connectivity index (χ3v) is 2.35. The predicted octanol–water partition coefficient (Wildman–Crippen LogP) is 1.27. The number of methoxy groups -OCH3 is 2. The van der Waals surface area contributed by atoms with E-state index >= 15 is 0 Å². The normalized spacial score (nSPS) is 12.2. The molecule has 1 aromatic rings. The number of hydrogen-bond donors (Lipinski definition) is 1. The van der Waals surface area contributed by atoms with Gasteiger partial charge < -0.3 is 14.8 Å². The van der Waals surface area contributed by atoms with Crippen molar-refractivity contribution in [2.24, 2.45) is 0 Å². The van der Waals surface area contributed by atoms with E-state index in [2.05, 4.69) is 5.32 Å². The van der Waals surface area contributed by atoms with Gasteiger partial charge in [0, 0.05) is 7.11 Å². The molecule has 0 bridgehead atoms. The average Bonchev–Trinajstić information content (AvgIpc) is 2.32. The van der Waals surface area contributed by atoms with Crippen molar-refractivity contribution in [3.8, 4) is 0 Å². The maximum atomic E-state index is 11.4. The minimum atomic E-state index is -0.415. The molecular formula is C12H17NO3. The summed E-state index contributed by atoms with van der Waals surface area (Å²) in [6, 6.07) is 7.25. The molecule has 0 radical (unpaired) electrons. The molecule has 0 spiro atoms. The molecule has 16 heavy (non-hydrogen) atoms. The summed E-state index contributed by atoms with van der Waals surface area (Å²) < 4.78 is 9.73. The van der Waals surface area contributed by atoms with E-state index in [1.165, 1.54) is 7.11 Å². The van der Waals surface area contributed by atoms with Crippen LogP contribution in [0, 0.1) is 0 Å². The Morgan fingerprint density at radius 2 is 1.94 bits per heavy atom. The molecule has 0 aliphatic carbocycles. The summed E-state index contributed by atoms with van der Waals surface area (Å²) in [5.74, 6) is -0.290. The van der Waals surface area contributed by atoms with E-state index in [1.54, 1.807) is 14.2 Å². The fourth-order valence-corrected chi connectivity index (χ4v) is 1.51. The Bertz CT molecular complexity index is 335. The molecule has 0 aliphatic rings. The van der Waals surface area contributed by atoms with Crippen molar-refractivity contribution in [1.29, 1.82) is 0 Å². The molecule has 4 nitrogen and oxygen atoms in total. The summed E-state index contributed by atoms with van der Waals surface area (Å²) >= 11 is 0. The summed E-state index contributed by atoms with van der Waals surface area (Å²) in [6.07, 6.45) is 0. The third kappa shape index (κ3) is 3.05. The smallest absolute Gasteiger partial charge is 0.327 e. The van der Waals surface area contributed by atoms with Crippen LogP contribution >= 0.6 is 0 Å². The maximum absolute atomic E-state index is 11.4. The number of hydrogen-bond acceptors (Lipinski definition) is 4. The number of carbonyl (C=O) groups excluding carboxylic acids is 1. The van der Waals surface area contributed by atoms with Crippen LogP contribution in [0.5, 0.6) is 0 Å². The van der Waals surface area contributed by atoms with Gasteiger partial charge in [-0.3, -0.25) is 0 Å². The second-order valence-electron chi connectivity index (χ2n) is 3.42. The Kier molecular flexibility index (Phi) is 4.95. The van der Waals surface area contributed by atoms with Crippen LogP contribution in [-0.4, -0.2) is 27.2 Å². The predicted molar refractivity (Wildman–Crippen MR) is 61.0 cm³/mol. The summed E-state index contributed by atoms with van der Waals surface area (Å²) in [4.78, 5) is 11.4. The third-order valence-electron chi connectivity index (χ3n) is 2.35. The fourth-order valence-electron chi connectivity index (χ4n) is 1.51. The van der Waals surface area contributed by atoms with Gasteiger partial charge in [-0.05, 0) is 18.2 Å². The van der Waals surface area contributed by atoms with Gasteiger partial charge in [-0.25, -0.2) is 4.79 Å². The second-order valence-corrected chi connectivity index (χ2v) is 3.42. The van der Waals surface area contributed by atoms with Crippen LogP contribution in [0.15, 0.2) is 24.3 Å². The van der Waals surface area contributed by atoms with Gasteiger partial charge in [0.25, 0.3) is 0 Å². The Balaban J connectivity index is 2.82. The Morgan fingerprint density at radius 3 is 2.38 bits per heavy atom. The monoisotopic (exact) mass is 223 g/mol. The lowest BCUT2D eigenvalue weighted by Gasteiger charge is -2.14. The number of carbonyl (C=O) groups is 1. The first-order valence-electron chi connectivity index (χ1n) is 5.05. The molecule has 4 heteroatoms. The molecule has 0 fully saturated rings. The van der Waals surface area contributed by atoms with Gasteiger partial charge in [-0.2, -0.15) is 0 Å². The van der Waals surface area contributed by atoms with Gasteiger partial charge in [-0.15, -0.1) is 0 Å². The number of nitrogens with one attached hydrogen (secondary N) is 1. The molecule has 0 aliphatic heterocycles. The SMILES string of the molecule is CNC(C(=O)OC)c1ccc(COC)cc1. The van der Waals surface area contributed by atoms with Crippen molar-refractivity contribution in [3.63, 3.8) is 0 Å². The first kappa shape index (κ1) is 12.7. The highest BCUT2D eigenvalue weighted by Crippen LogP contribution is 2.15. The summed E-state index contributed by atoms with van der Waals surface area (Å²) in [6.45, 7) is 0.572. The average molecular weight is 223 g/mol. The molecule has 0 amide bonds. The quantitative estimate of drug-likeness (QED) is 0.764. The first-order valence-corrected chi connectivity index (χ1v) is 5.05.